The van der Waals surface area contributed by atoms with E-state index in [1.54, 1.807) is 6.08 Å². The molecule has 0 aromatic rings. The summed E-state index contributed by atoms with van der Waals surface area (Å²) in [5.74, 6) is 0.545. The van der Waals surface area contributed by atoms with Gasteiger partial charge in [-0.1, -0.05) is 50.3 Å². The van der Waals surface area contributed by atoms with Crippen LogP contribution in [-0.2, 0) is 0 Å². The Balaban J connectivity index is 3.83. The quantitative estimate of drug-likeness (QED) is 0.622. The Morgan fingerprint density at radius 3 is 2.67 bits per heavy atom. The number of hydrogen-bond acceptors (Lipinski definition) is 1. The molecule has 0 bridgehead atoms. The maximum Gasteiger partial charge on any atom is 0.0615 e. The van der Waals surface area contributed by atoms with Crippen LogP contribution in [0.5, 0.6) is 0 Å². The van der Waals surface area contributed by atoms with Crippen molar-refractivity contribution in [3.8, 4) is 0 Å². The van der Waals surface area contributed by atoms with Crippen LogP contribution in [0.15, 0.2) is 36.5 Å². The lowest BCUT2D eigenvalue weighted by Gasteiger charge is -2.06. The summed E-state index contributed by atoms with van der Waals surface area (Å²) in [6, 6.07) is 0. The van der Waals surface area contributed by atoms with E-state index in [0.717, 1.165) is 12.0 Å². The van der Waals surface area contributed by atoms with Crippen molar-refractivity contribution >= 4 is 0 Å². The van der Waals surface area contributed by atoms with E-state index in [4.69, 9.17) is 5.11 Å². The van der Waals surface area contributed by atoms with Gasteiger partial charge in [-0.25, -0.2) is 0 Å². The number of rotatable bonds is 5. The highest BCUT2D eigenvalue weighted by atomic mass is 16.2. The van der Waals surface area contributed by atoms with Gasteiger partial charge in [0.2, 0.25) is 0 Å². The Kier molecular flexibility index (Phi) is 6.39. The van der Waals surface area contributed by atoms with Gasteiger partial charge in [-0.3, -0.25) is 0 Å². The fraction of sp³-hybridized carbons (Fsp3) is 0.455. The topological polar surface area (TPSA) is 20.2 Å². The normalized spacial score (nSPS) is 14.2. The molecule has 0 aromatic carbocycles. The van der Waals surface area contributed by atoms with E-state index < -0.39 is 0 Å². The SMILES string of the molecule is C=C(/C=C\C=C/CO)C(C)CC. The van der Waals surface area contributed by atoms with Crippen molar-refractivity contribution in [1.82, 2.24) is 0 Å². The maximum absolute atomic E-state index is 8.44. The van der Waals surface area contributed by atoms with E-state index in [-0.39, 0.29) is 6.61 Å². The molecule has 0 aliphatic rings. The molecule has 0 aliphatic heterocycles. The van der Waals surface area contributed by atoms with Crippen molar-refractivity contribution in [2.75, 3.05) is 6.61 Å². The predicted octanol–water partition coefficient (Wildman–Crippen LogP) is 2.69. The van der Waals surface area contributed by atoms with E-state index in [0.29, 0.717) is 5.92 Å². The average molecular weight is 166 g/mol. The van der Waals surface area contributed by atoms with Crippen molar-refractivity contribution in [2.24, 2.45) is 5.92 Å². The van der Waals surface area contributed by atoms with Gasteiger partial charge < -0.3 is 5.11 Å². The van der Waals surface area contributed by atoms with Crippen LogP contribution in [0, 0.1) is 5.92 Å². The summed E-state index contributed by atoms with van der Waals surface area (Å²) in [5, 5.41) is 8.44. The predicted molar refractivity (Wildman–Crippen MR) is 54.0 cm³/mol. The first-order valence-corrected chi connectivity index (χ1v) is 4.35. The molecule has 0 saturated heterocycles. The van der Waals surface area contributed by atoms with Crippen molar-refractivity contribution in [3.63, 3.8) is 0 Å². The van der Waals surface area contributed by atoms with E-state index in [9.17, 15) is 0 Å². The molecule has 0 saturated carbocycles. The lowest BCUT2D eigenvalue weighted by molar-refractivity contribution is 0.343. The van der Waals surface area contributed by atoms with Gasteiger partial charge in [-0.2, -0.15) is 0 Å². The van der Waals surface area contributed by atoms with Crippen molar-refractivity contribution in [1.29, 1.82) is 0 Å². The standard InChI is InChI=1S/C11H18O/c1-4-10(2)11(3)8-6-5-7-9-12/h5-8,10,12H,3-4,9H2,1-2H3/b7-5-,8-6-. The molecule has 0 rings (SSSR count). The lowest BCUT2D eigenvalue weighted by Crippen LogP contribution is -1.92. The lowest BCUT2D eigenvalue weighted by atomic mass is 10.00. The first kappa shape index (κ1) is 11.2. The molecule has 12 heavy (non-hydrogen) atoms. The molecule has 1 atom stereocenters. The molecule has 1 unspecified atom stereocenters. The van der Waals surface area contributed by atoms with Crippen LogP contribution in [-0.4, -0.2) is 11.7 Å². The highest BCUT2D eigenvalue weighted by molar-refractivity contribution is 5.20. The van der Waals surface area contributed by atoms with Crippen LogP contribution in [0.1, 0.15) is 20.3 Å². The monoisotopic (exact) mass is 166 g/mol. The van der Waals surface area contributed by atoms with Crippen LogP contribution >= 0.6 is 0 Å². The third-order valence-corrected chi connectivity index (χ3v) is 1.91. The van der Waals surface area contributed by atoms with E-state index >= 15 is 0 Å². The molecule has 0 heterocycles. The maximum atomic E-state index is 8.44. The molecule has 0 aliphatic carbocycles. The highest BCUT2D eigenvalue weighted by Crippen LogP contribution is 2.12. The highest BCUT2D eigenvalue weighted by Gasteiger charge is 1.97. The smallest absolute Gasteiger partial charge is 0.0615 e. The minimum Gasteiger partial charge on any atom is -0.392 e. The summed E-state index contributed by atoms with van der Waals surface area (Å²) in [6.07, 6.45) is 8.53. The summed E-state index contributed by atoms with van der Waals surface area (Å²) in [5.41, 5.74) is 1.14. The number of allylic oxidation sites excluding steroid dienone is 4. The third-order valence-electron chi connectivity index (χ3n) is 1.91. The Hall–Kier alpha value is -0.820. The Bertz CT molecular complexity index is 177. The largest absolute Gasteiger partial charge is 0.392 e. The summed E-state index contributed by atoms with van der Waals surface area (Å²) in [6.45, 7) is 8.34. The minimum absolute atomic E-state index is 0.0974. The second-order valence-corrected chi connectivity index (χ2v) is 2.85. The zero-order valence-corrected chi connectivity index (χ0v) is 7.96. The molecule has 0 amide bonds. The third kappa shape index (κ3) is 4.91. The molecule has 0 fully saturated rings. The molecule has 1 N–H and O–H groups in total. The van der Waals surface area contributed by atoms with Gasteiger partial charge in [-0.15, -0.1) is 0 Å². The summed E-state index contributed by atoms with van der Waals surface area (Å²) < 4.78 is 0. The minimum atomic E-state index is 0.0974. The molecule has 0 radical (unpaired) electrons. The van der Waals surface area contributed by atoms with Crippen LogP contribution < -0.4 is 0 Å². The van der Waals surface area contributed by atoms with Crippen LogP contribution in [0.3, 0.4) is 0 Å². The molecule has 1 nitrogen and oxygen atoms in total. The van der Waals surface area contributed by atoms with E-state index in [1.807, 2.05) is 18.2 Å². The van der Waals surface area contributed by atoms with E-state index in [1.165, 1.54) is 0 Å². The number of aliphatic hydroxyl groups is 1. The fourth-order valence-electron chi connectivity index (χ4n) is 0.745. The van der Waals surface area contributed by atoms with Gasteiger partial charge in [0, 0.05) is 0 Å². The summed E-state index contributed by atoms with van der Waals surface area (Å²) in [7, 11) is 0. The fourth-order valence-corrected chi connectivity index (χ4v) is 0.745. The Morgan fingerprint density at radius 2 is 2.17 bits per heavy atom. The van der Waals surface area contributed by atoms with Crippen LogP contribution in [0.25, 0.3) is 0 Å². The van der Waals surface area contributed by atoms with Gasteiger partial charge in [0.15, 0.2) is 0 Å². The van der Waals surface area contributed by atoms with Crippen LogP contribution in [0.4, 0.5) is 0 Å². The number of hydrogen-bond donors (Lipinski definition) is 1. The van der Waals surface area contributed by atoms with Gasteiger partial charge in [0.1, 0.15) is 0 Å². The van der Waals surface area contributed by atoms with Crippen LogP contribution in [0.2, 0.25) is 0 Å². The molecule has 0 spiro atoms. The molecule has 0 aromatic heterocycles. The van der Waals surface area contributed by atoms with Crippen molar-refractivity contribution in [3.05, 3.63) is 36.5 Å². The molecular formula is C11H18O. The zero-order valence-electron chi connectivity index (χ0n) is 7.96. The zero-order chi connectivity index (χ0) is 9.40. The first-order chi connectivity index (χ1) is 5.72. The van der Waals surface area contributed by atoms with Gasteiger partial charge in [-0.05, 0) is 12.3 Å². The number of aliphatic hydroxyl groups excluding tert-OH is 1. The van der Waals surface area contributed by atoms with Crippen molar-refractivity contribution < 1.29 is 5.11 Å². The van der Waals surface area contributed by atoms with Crippen molar-refractivity contribution in [2.45, 2.75) is 20.3 Å². The first-order valence-electron chi connectivity index (χ1n) is 4.35. The Morgan fingerprint density at radius 1 is 1.50 bits per heavy atom. The molecular weight excluding hydrogens is 148 g/mol. The molecule has 68 valence electrons. The van der Waals surface area contributed by atoms with Gasteiger partial charge >= 0.3 is 0 Å². The van der Waals surface area contributed by atoms with Gasteiger partial charge in [0.25, 0.3) is 0 Å². The summed E-state index contributed by atoms with van der Waals surface area (Å²) >= 11 is 0. The Labute approximate surface area is 75.1 Å². The average Bonchev–Trinajstić information content (AvgIpc) is 2.10. The second-order valence-electron chi connectivity index (χ2n) is 2.85. The second kappa shape index (κ2) is 6.86. The van der Waals surface area contributed by atoms with Gasteiger partial charge in [0.05, 0.1) is 6.61 Å². The van der Waals surface area contributed by atoms with E-state index in [2.05, 4.69) is 20.4 Å². The molecule has 1 heteroatoms. The summed E-state index contributed by atoms with van der Waals surface area (Å²) in [4.78, 5) is 0.